The Hall–Kier alpha value is -2.26. The average Bonchev–Trinajstić information content (AvgIpc) is 3.11. The zero-order valence-electron chi connectivity index (χ0n) is 12.6. The topological polar surface area (TPSA) is 73.5 Å². The monoisotopic (exact) mass is 355 g/mol. The van der Waals surface area contributed by atoms with Crippen molar-refractivity contribution < 1.29 is 22.0 Å². The Bertz CT molecular complexity index is 845. The second-order valence-electron chi connectivity index (χ2n) is 5.35. The van der Waals surface area contributed by atoms with Crippen molar-refractivity contribution in [3.63, 3.8) is 0 Å². The molecule has 1 N–H and O–H groups in total. The first-order valence-electron chi connectivity index (χ1n) is 7.27. The number of piperazine rings is 1. The number of nitrogens with one attached hydrogen (secondary N) is 1. The van der Waals surface area contributed by atoms with E-state index in [1.807, 2.05) is 0 Å². The summed E-state index contributed by atoms with van der Waals surface area (Å²) >= 11 is 0. The standard InChI is InChI=1S/C15H15F2N3O3S/c16-11-3-4-12(17)14(10-11)24(22,23)20-8-6-19(7-9-20)15(21)13-2-1-5-18-13/h1-5,10,18H,6-9H2. The lowest BCUT2D eigenvalue weighted by Crippen LogP contribution is -2.50. The number of halogens is 2. The predicted molar refractivity (Wildman–Crippen MR) is 81.8 cm³/mol. The summed E-state index contributed by atoms with van der Waals surface area (Å²) in [7, 11) is -4.15. The van der Waals surface area contributed by atoms with Gasteiger partial charge in [-0.3, -0.25) is 4.79 Å². The Morgan fingerprint density at radius 1 is 1.08 bits per heavy atom. The lowest BCUT2D eigenvalue weighted by molar-refractivity contribution is 0.0692. The molecule has 1 aliphatic heterocycles. The van der Waals surface area contributed by atoms with Gasteiger partial charge in [-0.15, -0.1) is 0 Å². The molecule has 24 heavy (non-hydrogen) atoms. The number of aromatic amines is 1. The summed E-state index contributed by atoms with van der Waals surface area (Å²) < 4.78 is 53.0. The summed E-state index contributed by atoms with van der Waals surface area (Å²) in [5.74, 6) is -2.05. The van der Waals surface area contributed by atoms with Gasteiger partial charge in [0.1, 0.15) is 22.2 Å². The molecule has 0 radical (unpaired) electrons. The number of amides is 1. The number of carbonyl (C=O) groups is 1. The van der Waals surface area contributed by atoms with Crippen LogP contribution in [0, 0.1) is 11.6 Å². The Morgan fingerprint density at radius 2 is 1.79 bits per heavy atom. The molecular weight excluding hydrogens is 340 g/mol. The number of nitrogens with zero attached hydrogens (tertiary/aromatic N) is 2. The van der Waals surface area contributed by atoms with Gasteiger partial charge in [-0.25, -0.2) is 17.2 Å². The summed E-state index contributed by atoms with van der Waals surface area (Å²) in [6.07, 6.45) is 1.63. The summed E-state index contributed by atoms with van der Waals surface area (Å²) in [6.45, 7) is 0.386. The third-order valence-corrected chi connectivity index (χ3v) is 5.78. The fourth-order valence-corrected chi connectivity index (χ4v) is 4.08. The zero-order valence-corrected chi connectivity index (χ0v) is 13.4. The number of benzene rings is 1. The van der Waals surface area contributed by atoms with E-state index >= 15 is 0 Å². The minimum atomic E-state index is -4.15. The maximum absolute atomic E-state index is 13.8. The van der Waals surface area contributed by atoms with Crippen LogP contribution in [0.15, 0.2) is 41.4 Å². The lowest BCUT2D eigenvalue weighted by atomic mass is 10.3. The first-order valence-corrected chi connectivity index (χ1v) is 8.71. The van der Waals surface area contributed by atoms with Crippen LogP contribution in [0.2, 0.25) is 0 Å². The van der Waals surface area contributed by atoms with Gasteiger partial charge in [-0.2, -0.15) is 4.31 Å². The van der Waals surface area contributed by atoms with Crippen molar-refractivity contribution in [3.05, 3.63) is 53.9 Å². The third kappa shape index (κ3) is 3.04. The van der Waals surface area contributed by atoms with Crippen LogP contribution in [0.5, 0.6) is 0 Å². The second-order valence-corrected chi connectivity index (χ2v) is 7.26. The molecule has 6 nitrogen and oxygen atoms in total. The molecule has 0 unspecified atom stereocenters. The molecule has 1 aromatic carbocycles. The van der Waals surface area contributed by atoms with Crippen LogP contribution in [-0.2, 0) is 10.0 Å². The molecule has 3 rings (SSSR count). The van der Waals surface area contributed by atoms with E-state index in [9.17, 15) is 22.0 Å². The molecule has 1 amide bonds. The van der Waals surface area contributed by atoms with E-state index in [2.05, 4.69) is 4.98 Å². The van der Waals surface area contributed by atoms with Gasteiger partial charge < -0.3 is 9.88 Å². The van der Waals surface area contributed by atoms with Crippen molar-refractivity contribution in [3.8, 4) is 0 Å². The Morgan fingerprint density at radius 3 is 2.42 bits per heavy atom. The Labute approximate surface area is 137 Å². The van der Waals surface area contributed by atoms with Crippen molar-refractivity contribution >= 4 is 15.9 Å². The maximum atomic E-state index is 13.8. The lowest BCUT2D eigenvalue weighted by Gasteiger charge is -2.33. The number of carbonyl (C=O) groups excluding carboxylic acids is 1. The fraction of sp³-hybridized carbons (Fsp3) is 0.267. The molecule has 1 fully saturated rings. The highest BCUT2D eigenvalue weighted by atomic mass is 32.2. The molecular formula is C15H15F2N3O3S. The van der Waals surface area contributed by atoms with Gasteiger partial charge in [0.25, 0.3) is 5.91 Å². The number of aromatic nitrogens is 1. The van der Waals surface area contributed by atoms with Gasteiger partial charge in [0.15, 0.2) is 0 Å². The van der Waals surface area contributed by atoms with E-state index in [4.69, 9.17) is 0 Å². The molecule has 0 aliphatic carbocycles. The van der Waals surface area contributed by atoms with Crippen LogP contribution in [0.25, 0.3) is 0 Å². The van der Waals surface area contributed by atoms with Gasteiger partial charge in [0, 0.05) is 32.4 Å². The minimum Gasteiger partial charge on any atom is -0.357 e. The molecule has 1 saturated heterocycles. The average molecular weight is 355 g/mol. The quantitative estimate of drug-likeness (QED) is 0.905. The van der Waals surface area contributed by atoms with Crippen molar-refractivity contribution in [1.82, 2.24) is 14.2 Å². The van der Waals surface area contributed by atoms with E-state index in [1.54, 1.807) is 18.3 Å². The molecule has 0 bridgehead atoms. The van der Waals surface area contributed by atoms with Crippen LogP contribution in [-0.4, -0.2) is 54.7 Å². The van der Waals surface area contributed by atoms with E-state index in [0.29, 0.717) is 11.8 Å². The molecule has 128 valence electrons. The molecule has 0 spiro atoms. The smallest absolute Gasteiger partial charge is 0.270 e. The highest BCUT2D eigenvalue weighted by Crippen LogP contribution is 2.22. The van der Waals surface area contributed by atoms with Crippen LogP contribution in [0.3, 0.4) is 0 Å². The highest BCUT2D eigenvalue weighted by molar-refractivity contribution is 7.89. The Balaban J connectivity index is 1.74. The van der Waals surface area contributed by atoms with Crippen LogP contribution in [0.4, 0.5) is 8.78 Å². The normalized spacial score (nSPS) is 16.3. The SMILES string of the molecule is O=C(c1ccc[nH]1)N1CCN(S(=O)(=O)c2cc(F)ccc2F)CC1. The first-order chi connectivity index (χ1) is 11.4. The van der Waals surface area contributed by atoms with Gasteiger partial charge in [-0.05, 0) is 30.3 Å². The predicted octanol–water partition coefficient (Wildman–Crippen LogP) is 1.44. The first kappa shape index (κ1) is 16.6. The Kier molecular flexibility index (Phi) is 4.37. The summed E-state index contributed by atoms with van der Waals surface area (Å²) in [4.78, 5) is 15.8. The molecule has 9 heteroatoms. The molecule has 0 saturated carbocycles. The van der Waals surface area contributed by atoms with E-state index in [0.717, 1.165) is 16.4 Å². The third-order valence-electron chi connectivity index (χ3n) is 3.87. The number of rotatable bonds is 3. The van der Waals surface area contributed by atoms with Crippen LogP contribution < -0.4 is 0 Å². The van der Waals surface area contributed by atoms with Crippen molar-refractivity contribution in [2.45, 2.75) is 4.90 Å². The molecule has 1 aliphatic rings. The molecule has 2 aromatic rings. The van der Waals surface area contributed by atoms with Crippen molar-refractivity contribution in [2.75, 3.05) is 26.2 Å². The summed E-state index contributed by atoms with van der Waals surface area (Å²) in [6, 6.07) is 5.64. The molecule has 0 atom stereocenters. The minimum absolute atomic E-state index is 0.0186. The van der Waals surface area contributed by atoms with Crippen molar-refractivity contribution in [1.29, 1.82) is 0 Å². The summed E-state index contributed by atoms with van der Waals surface area (Å²) in [5.41, 5.74) is 0.419. The highest BCUT2D eigenvalue weighted by Gasteiger charge is 2.32. The number of H-pyrrole nitrogens is 1. The van der Waals surface area contributed by atoms with Gasteiger partial charge in [0.2, 0.25) is 10.0 Å². The number of hydrogen-bond acceptors (Lipinski definition) is 3. The second kappa shape index (κ2) is 6.33. The van der Waals surface area contributed by atoms with Crippen LogP contribution in [0.1, 0.15) is 10.5 Å². The summed E-state index contributed by atoms with van der Waals surface area (Å²) in [5, 5.41) is 0. The molecule has 1 aromatic heterocycles. The largest absolute Gasteiger partial charge is 0.357 e. The van der Waals surface area contributed by atoms with Gasteiger partial charge in [0.05, 0.1) is 0 Å². The van der Waals surface area contributed by atoms with Gasteiger partial charge >= 0.3 is 0 Å². The fourth-order valence-electron chi connectivity index (χ4n) is 2.58. The zero-order chi connectivity index (χ0) is 17.3. The van der Waals surface area contributed by atoms with Crippen LogP contribution >= 0.6 is 0 Å². The number of hydrogen-bond donors (Lipinski definition) is 1. The van der Waals surface area contributed by atoms with E-state index in [-0.39, 0.29) is 32.1 Å². The van der Waals surface area contributed by atoms with E-state index < -0.39 is 26.6 Å². The van der Waals surface area contributed by atoms with Crippen molar-refractivity contribution in [2.24, 2.45) is 0 Å². The van der Waals surface area contributed by atoms with E-state index in [1.165, 1.54) is 4.90 Å². The maximum Gasteiger partial charge on any atom is 0.270 e. The number of sulfonamides is 1. The van der Waals surface area contributed by atoms with Gasteiger partial charge in [-0.1, -0.05) is 0 Å². The molecule has 2 heterocycles.